The van der Waals surface area contributed by atoms with Crippen LogP contribution in [0.15, 0.2) is 0 Å². The van der Waals surface area contributed by atoms with Crippen molar-refractivity contribution in [2.75, 3.05) is 34.4 Å². The van der Waals surface area contributed by atoms with Crippen LogP contribution in [-0.2, 0) is 38.0 Å². The summed E-state index contributed by atoms with van der Waals surface area (Å²) in [6.07, 6.45) is -6.81. The van der Waals surface area contributed by atoms with E-state index in [-0.39, 0.29) is 24.5 Å². The largest absolute Gasteiger partial charge is 0.459 e. The molecule has 14 heteroatoms. The lowest BCUT2D eigenvalue weighted by molar-refractivity contribution is -0.315. The Morgan fingerprint density at radius 1 is 0.922 bits per heavy atom. The van der Waals surface area contributed by atoms with Crippen LogP contribution in [0.1, 0.15) is 88.5 Å². The molecule has 4 rings (SSSR count). The number of epoxide rings is 1. The van der Waals surface area contributed by atoms with Gasteiger partial charge in [-0.2, -0.15) is 0 Å². The van der Waals surface area contributed by atoms with E-state index in [4.69, 9.17) is 33.2 Å². The zero-order chi connectivity index (χ0) is 38.4. The third kappa shape index (κ3) is 8.78. The van der Waals surface area contributed by atoms with E-state index >= 15 is 0 Å². The molecule has 4 heterocycles. The molecule has 4 aliphatic rings. The lowest BCUT2D eigenvalue weighted by Gasteiger charge is -2.49. The molecule has 0 radical (unpaired) electrons. The van der Waals surface area contributed by atoms with Crippen molar-refractivity contribution in [2.24, 2.45) is 17.8 Å². The number of carbonyl (C=O) groups excluding carboxylic acids is 1. The van der Waals surface area contributed by atoms with Crippen LogP contribution in [0, 0.1) is 17.8 Å². The smallest absolute Gasteiger partial charge is 0.311 e. The Labute approximate surface area is 304 Å². The zero-order valence-corrected chi connectivity index (χ0v) is 33.1. The Hall–Kier alpha value is -1.01. The quantitative estimate of drug-likeness (QED) is 0.196. The van der Waals surface area contributed by atoms with E-state index in [1.165, 1.54) is 6.92 Å². The first-order valence-corrected chi connectivity index (χ1v) is 18.7. The first-order chi connectivity index (χ1) is 23.5. The van der Waals surface area contributed by atoms with E-state index in [2.05, 4.69) is 5.32 Å². The predicted octanol–water partition coefficient (Wildman–Crippen LogP) is 1.58. The van der Waals surface area contributed by atoms with Gasteiger partial charge in [-0.3, -0.25) is 4.79 Å². The Morgan fingerprint density at radius 2 is 1.55 bits per heavy atom. The van der Waals surface area contributed by atoms with E-state index in [0.717, 1.165) is 0 Å². The van der Waals surface area contributed by atoms with Crippen LogP contribution in [0.25, 0.3) is 0 Å². The maximum Gasteiger partial charge on any atom is 0.311 e. The highest BCUT2D eigenvalue weighted by Crippen LogP contribution is 2.51. The maximum atomic E-state index is 14.1. The molecular formula is C37H68N2O12. The number of aliphatic hydroxyl groups excluding tert-OH is 2. The minimum absolute atomic E-state index is 0.138. The van der Waals surface area contributed by atoms with Gasteiger partial charge in [0.15, 0.2) is 12.6 Å². The first kappa shape index (κ1) is 42.7. The average Bonchev–Trinajstić information content (AvgIpc) is 3.86. The molecule has 4 fully saturated rings. The molecule has 14 nitrogen and oxygen atoms in total. The van der Waals surface area contributed by atoms with Crippen LogP contribution in [0.2, 0.25) is 0 Å². The number of rotatable bonds is 6. The van der Waals surface area contributed by atoms with Gasteiger partial charge in [0.2, 0.25) is 0 Å². The van der Waals surface area contributed by atoms with E-state index < -0.39 is 95.5 Å². The fraction of sp³-hybridized carbons (Fsp3) is 0.973. The van der Waals surface area contributed by atoms with Crippen molar-refractivity contribution in [3.63, 3.8) is 0 Å². The van der Waals surface area contributed by atoms with Crippen molar-refractivity contribution in [1.82, 2.24) is 10.2 Å². The van der Waals surface area contributed by atoms with Crippen LogP contribution in [-0.4, -0.2) is 155 Å². The third-order valence-corrected chi connectivity index (χ3v) is 12.4. The highest BCUT2D eigenvalue weighted by atomic mass is 16.7. The van der Waals surface area contributed by atoms with Gasteiger partial charge in [-0.1, -0.05) is 13.8 Å². The number of cyclic esters (lactones) is 1. The SMILES string of the molecule is CO[C@@]1(C)C[C@H](O[C@H]2[C@H](C)[C@@H](O[C@@H]3OC(C)C[C@@H](N(C)C)C3O)[C@](C)(O)C[C@@H](C)CN[C@H](C)[C@@H](O)[C@](C)(O)[C@@H](C)OC(=O)[C@@H]2C)OC(C)[C@@]12CO2. The minimum atomic E-state index is -1.79. The van der Waals surface area contributed by atoms with Crippen molar-refractivity contribution in [2.45, 2.75) is 178 Å². The number of esters is 1. The lowest BCUT2D eigenvalue weighted by atomic mass is 9.77. The molecule has 0 bridgehead atoms. The van der Waals surface area contributed by atoms with Gasteiger partial charge >= 0.3 is 5.97 Å². The standard InChI is InChI=1S/C37H68N2O12/c1-19-15-34(8,43)31(51-33-28(40)26(39(11)12)14-20(2)47-33)21(3)29(50-27-16-35(9,45-13)37(18-46-37)25(7)48-27)22(4)32(42)49-24(6)36(10,44)30(41)23(5)38-17-19/h19-31,33,38,40-41,43-44H,14-18H2,1-13H3/t19-,20?,21+,22-,23-,24-,25?,26-,27+,28?,29+,30-,31-,33+,34-,35+,36-,37+/m1/s1. The molecule has 1 spiro atoms. The van der Waals surface area contributed by atoms with Crippen LogP contribution < -0.4 is 5.32 Å². The number of hydrogen-bond acceptors (Lipinski definition) is 14. The molecule has 0 aliphatic carbocycles. The van der Waals surface area contributed by atoms with Gasteiger partial charge in [0.25, 0.3) is 0 Å². The van der Waals surface area contributed by atoms with Crippen molar-refractivity contribution >= 4 is 5.97 Å². The highest BCUT2D eigenvalue weighted by Gasteiger charge is 2.67. The maximum absolute atomic E-state index is 14.1. The summed E-state index contributed by atoms with van der Waals surface area (Å²) in [5.74, 6) is -2.49. The van der Waals surface area contributed by atoms with Gasteiger partial charge in [-0.15, -0.1) is 0 Å². The Morgan fingerprint density at radius 3 is 2.12 bits per heavy atom. The highest BCUT2D eigenvalue weighted by molar-refractivity contribution is 5.73. The number of carbonyl (C=O) groups is 1. The molecule has 0 saturated carbocycles. The van der Waals surface area contributed by atoms with Crippen LogP contribution in [0.3, 0.4) is 0 Å². The van der Waals surface area contributed by atoms with Crippen molar-refractivity contribution < 1.29 is 58.4 Å². The summed E-state index contributed by atoms with van der Waals surface area (Å²) in [4.78, 5) is 16.0. The molecule has 5 N–H and O–H groups in total. The monoisotopic (exact) mass is 732 g/mol. The summed E-state index contributed by atoms with van der Waals surface area (Å²) >= 11 is 0. The molecule has 0 aromatic carbocycles. The van der Waals surface area contributed by atoms with Gasteiger partial charge in [-0.25, -0.2) is 0 Å². The average molecular weight is 733 g/mol. The van der Waals surface area contributed by atoms with Crippen LogP contribution in [0.4, 0.5) is 0 Å². The lowest BCUT2D eigenvalue weighted by Crippen LogP contribution is -2.61. The van der Waals surface area contributed by atoms with Gasteiger partial charge in [-0.05, 0) is 94.8 Å². The predicted molar refractivity (Wildman–Crippen MR) is 188 cm³/mol. The fourth-order valence-corrected chi connectivity index (χ4v) is 8.62. The summed E-state index contributed by atoms with van der Waals surface area (Å²) in [6, 6.07) is -0.832. The number of nitrogens with zero attached hydrogens (tertiary/aromatic N) is 1. The Bertz CT molecular complexity index is 1170. The van der Waals surface area contributed by atoms with Gasteiger partial charge in [0.1, 0.15) is 35.1 Å². The molecule has 0 aromatic heterocycles. The normalized spacial score (nSPS) is 52.2. The summed E-state index contributed by atoms with van der Waals surface area (Å²) in [6.45, 7) is 18.6. The van der Waals surface area contributed by atoms with Gasteiger partial charge < -0.3 is 63.8 Å². The van der Waals surface area contributed by atoms with Crippen LogP contribution in [0.5, 0.6) is 0 Å². The summed E-state index contributed by atoms with van der Waals surface area (Å²) in [7, 11) is 5.41. The second-order valence-electron chi connectivity index (χ2n) is 17.0. The molecule has 51 heavy (non-hydrogen) atoms. The van der Waals surface area contributed by atoms with E-state index in [9.17, 15) is 25.2 Å². The second-order valence-corrected chi connectivity index (χ2v) is 17.0. The molecule has 4 aliphatic heterocycles. The van der Waals surface area contributed by atoms with E-state index in [1.54, 1.807) is 34.8 Å². The molecule has 18 atom stereocenters. The Balaban J connectivity index is 1.77. The molecule has 3 unspecified atom stereocenters. The topological polar surface area (TPSA) is 181 Å². The summed E-state index contributed by atoms with van der Waals surface area (Å²) < 4.78 is 43.8. The van der Waals surface area contributed by atoms with E-state index in [1.807, 2.05) is 53.6 Å². The van der Waals surface area contributed by atoms with Crippen molar-refractivity contribution in [3.05, 3.63) is 0 Å². The summed E-state index contributed by atoms with van der Waals surface area (Å²) in [5.41, 5.74) is -4.69. The third-order valence-electron chi connectivity index (χ3n) is 12.4. The van der Waals surface area contributed by atoms with Crippen molar-refractivity contribution in [3.8, 4) is 0 Å². The number of hydrogen-bond donors (Lipinski definition) is 5. The van der Waals surface area contributed by atoms with Crippen molar-refractivity contribution in [1.29, 1.82) is 0 Å². The number of methoxy groups -OCH3 is 1. The molecular weight excluding hydrogens is 664 g/mol. The Kier molecular flexibility index (Phi) is 13.4. The van der Waals surface area contributed by atoms with E-state index in [0.29, 0.717) is 26.0 Å². The molecule has 0 aromatic rings. The second kappa shape index (κ2) is 16.0. The zero-order valence-electron chi connectivity index (χ0n) is 33.1. The fourth-order valence-electron chi connectivity index (χ4n) is 8.62. The molecule has 0 amide bonds. The number of aliphatic hydroxyl groups is 4. The number of nitrogens with one attached hydrogen (secondary N) is 1. The van der Waals surface area contributed by atoms with Gasteiger partial charge in [0, 0.05) is 31.5 Å². The first-order valence-electron chi connectivity index (χ1n) is 18.7. The number of ether oxygens (including phenoxy) is 7. The number of likely N-dealkylation sites (N-methyl/N-ethyl adjacent to an activating group) is 1. The summed E-state index contributed by atoms with van der Waals surface area (Å²) in [5, 5.41) is 49.8. The van der Waals surface area contributed by atoms with Gasteiger partial charge in [0.05, 0.1) is 42.5 Å². The van der Waals surface area contributed by atoms with Crippen LogP contribution >= 0.6 is 0 Å². The minimum Gasteiger partial charge on any atom is -0.459 e. The molecule has 4 saturated heterocycles. The molecule has 298 valence electrons.